The Morgan fingerprint density at radius 1 is 1.14 bits per heavy atom. The average molecular weight is 309 g/mol. The number of hydrogen-bond donors (Lipinski definition) is 1. The van der Waals surface area contributed by atoms with Crippen molar-refractivity contribution in [3.8, 4) is 0 Å². The van der Waals surface area contributed by atoms with Crippen molar-refractivity contribution in [3.05, 3.63) is 65.2 Å². The molecule has 0 aromatic heterocycles. The number of nitrogens with one attached hydrogen (secondary N) is 1. The van der Waals surface area contributed by atoms with Crippen LogP contribution in [-0.4, -0.2) is 13.1 Å². The van der Waals surface area contributed by atoms with Gasteiger partial charge in [-0.3, -0.25) is 0 Å². The fourth-order valence-corrected chi connectivity index (χ4v) is 1.90. The monoisotopic (exact) mass is 309 g/mol. The number of rotatable bonds is 4. The van der Waals surface area contributed by atoms with Gasteiger partial charge in [0.25, 0.3) is 0 Å². The maximum Gasteiger partial charge on any atom is 0.416 e. The molecule has 2 aromatic rings. The van der Waals surface area contributed by atoms with Crippen molar-refractivity contribution < 1.29 is 22.7 Å². The molecule has 116 valence electrons. The Hall–Kier alpha value is -2.50. The first-order valence-electron chi connectivity index (χ1n) is 6.48. The fourth-order valence-electron chi connectivity index (χ4n) is 1.90. The van der Waals surface area contributed by atoms with Gasteiger partial charge in [-0.1, -0.05) is 12.1 Å². The van der Waals surface area contributed by atoms with Gasteiger partial charge in [0, 0.05) is 12.2 Å². The van der Waals surface area contributed by atoms with Crippen molar-refractivity contribution in [2.75, 3.05) is 12.4 Å². The van der Waals surface area contributed by atoms with E-state index < -0.39 is 17.7 Å². The van der Waals surface area contributed by atoms with Gasteiger partial charge in [-0.2, -0.15) is 13.2 Å². The zero-order valence-corrected chi connectivity index (χ0v) is 11.8. The molecule has 0 bridgehead atoms. The van der Waals surface area contributed by atoms with Gasteiger partial charge in [0.05, 0.1) is 18.2 Å². The third-order valence-electron chi connectivity index (χ3n) is 3.06. The van der Waals surface area contributed by atoms with Gasteiger partial charge in [-0.05, 0) is 42.0 Å². The summed E-state index contributed by atoms with van der Waals surface area (Å²) in [4.78, 5) is 11.3. The van der Waals surface area contributed by atoms with E-state index in [1.165, 1.54) is 13.2 Å². The molecule has 0 saturated heterocycles. The van der Waals surface area contributed by atoms with Gasteiger partial charge in [0.1, 0.15) is 0 Å². The first kappa shape index (κ1) is 15.9. The fraction of sp³-hybridized carbons (Fsp3) is 0.188. The second-order valence-electron chi connectivity index (χ2n) is 4.62. The van der Waals surface area contributed by atoms with Crippen LogP contribution in [0.1, 0.15) is 21.5 Å². The predicted molar refractivity (Wildman–Crippen MR) is 76.6 cm³/mol. The summed E-state index contributed by atoms with van der Waals surface area (Å²) >= 11 is 0. The van der Waals surface area contributed by atoms with Gasteiger partial charge in [0.15, 0.2) is 0 Å². The molecule has 0 aliphatic carbocycles. The summed E-state index contributed by atoms with van der Waals surface area (Å²) in [6.07, 6.45) is -4.35. The molecule has 0 radical (unpaired) electrons. The van der Waals surface area contributed by atoms with Crippen molar-refractivity contribution in [1.29, 1.82) is 0 Å². The summed E-state index contributed by atoms with van der Waals surface area (Å²) in [5.41, 5.74) is 0.955. The van der Waals surface area contributed by atoms with Gasteiger partial charge >= 0.3 is 12.1 Å². The molecule has 0 aliphatic heterocycles. The van der Waals surface area contributed by atoms with Gasteiger partial charge in [0.2, 0.25) is 0 Å². The average Bonchev–Trinajstić information content (AvgIpc) is 2.52. The lowest BCUT2D eigenvalue weighted by atomic mass is 10.1. The number of methoxy groups -OCH3 is 1. The van der Waals surface area contributed by atoms with Crippen LogP contribution in [0.5, 0.6) is 0 Å². The SMILES string of the molecule is COC(=O)c1ccc(NCc2cccc(C(F)(F)F)c2)cc1. The molecule has 3 nitrogen and oxygen atoms in total. The second-order valence-corrected chi connectivity index (χ2v) is 4.62. The second kappa shape index (κ2) is 6.51. The molecule has 22 heavy (non-hydrogen) atoms. The Balaban J connectivity index is 2.03. The summed E-state index contributed by atoms with van der Waals surface area (Å²) in [5, 5.41) is 3.00. The highest BCUT2D eigenvalue weighted by atomic mass is 19.4. The van der Waals surface area contributed by atoms with Gasteiger partial charge in [-0.25, -0.2) is 4.79 Å². The molecule has 1 N–H and O–H groups in total. The standard InChI is InChI=1S/C16H14F3NO2/c1-22-15(21)12-5-7-14(8-6-12)20-10-11-3-2-4-13(9-11)16(17,18)19/h2-9,20H,10H2,1H3. The van der Waals surface area contributed by atoms with E-state index in [4.69, 9.17) is 0 Å². The van der Waals surface area contributed by atoms with Crippen LogP contribution in [-0.2, 0) is 17.5 Å². The smallest absolute Gasteiger partial charge is 0.416 e. The number of anilines is 1. The Labute approximate surface area is 125 Å². The Morgan fingerprint density at radius 2 is 1.82 bits per heavy atom. The Kier molecular flexibility index (Phi) is 4.70. The topological polar surface area (TPSA) is 38.3 Å². The number of carbonyl (C=O) groups is 1. The van der Waals surface area contributed by atoms with Gasteiger partial charge in [-0.15, -0.1) is 0 Å². The van der Waals surface area contributed by atoms with Crippen LogP contribution < -0.4 is 5.32 Å². The number of benzene rings is 2. The van der Waals surface area contributed by atoms with Crippen LogP contribution in [0.2, 0.25) is 0 Å². The molecule has 2 aromatic carbocycles. The van der Waals surface area contributed by atoms with Gasteiger partial charge < -0.3 is 10.1 Å². The minimum Gasteiger partial charge on any atom is -0.465 e. The van der Waals surface area contributed by atoms with Crippen LogP contribution in [0.3, 0.4) is 0 Å². The lowest BCUT2D eigenvalue weighted by Crippen LogP contribution is -2.07. The van der Waals surface area contributed by atoms with E-state index in [9.17, 15) is 18.0 Å². The van der Waals surface area contributed by atoms with Crippen LogP contribution in [0.15, 0.2) is 48.5 Å². The molecule has 0 atom stereocenters. The predicted octanol–water partition coefficient (Wildman–Crippen LogP) is 4.10. The quantitative estimate of drug-likeness (QED) is 0.864. The van der Waals surface area contributed by atoms with Crippen molar-refractivity contribution in [1.82, 2.24) is 0 Å². The molecular formula is C16H14F3NO2. The van der Waals surface area contributed by atoms with Crippen LogP contribution in [0, 0.1) is 0 Å². The van der Waals surface area contributed by atoms with E-state index in [-0.39, 0.29) is 6.54 Å². The van der Waals surface area contributed by atoms with E-state index >= 15 is 0 Å². The maximum absolute atomic E-state index is 12.6. The minimum absolute atomic E-state index is 0.251. The van der Waals surface area contributed by atoms with Crippen LogP contribution in [0.4, 0.5) is 18.9 Å². The first-order valence-corrected chi connectivity index (χ1v) is 6.48. The summed E-state index contributed by atoms with van der Waals surface area (Å²) in [6, 6.07) is 11.6. The number of esters is 1. The van der Waals surface area contributed by atoms with Crippen LogP contribution in [0.25, 0.3) is 0 Å². The highest BCUT2D eigenvalue weighted by Gasteiger charge is 2.30. The van der Waals surface area contributed by atoms with E-state index in [0.717, 1.165) is 12.1 Å². The number of alkyl halides is 3. The molecule has 0 unspecified atom stereocenters. The molecule has 0 heterocycles. The van der Waals surface area contributed by atoms with E-state index in [1.807, 2.05) is 0 Å². The van der Waals surface area contributed by atoms with Crippen LogP contribution >= 0.6 is 0 Å². The van der Waals surface area contributed by atoms with Crippen molar-refractivity contribution in [2.45, 2.75) is 12.7 Å². The highest BCUT2D eigenvalue weighted by Crippen LogP contribution is 2.29. The highest BCUT2D eigenvalue weighted by molar-refractivity contribution is 5.89. The molecule has 0 aliphatic rings. The number of halogens is 3. The summed E-state index contributed by atoms with van der Waals surface area (Å²) in [7, 11) is 1.29. The molecule has 0 amide bonds. The van der Waals surface area contributed by atoms with E-state index in [1.54, 1.807) is 30.3 Å². The molecule has 0 saturated carbocycles. The number of ether oxygens (including phenoxy) is 1. The normalized spacial score (nSPS) is 11.1. The third-order valence-corrected chi connectivity index (χ3v) is 3.06. The molecule has 0 spiro atoms. The van der Waals surface area contributed by atoms with Crippen molar-refractivity contribution >= 4 is 11.7 Å². The maximum atomic E-state index is 12.6. The molecular weight excluding hydrogens is 295 g/mol. The number of hydrogen-bond acceptors (Lipinski definition) is 3. The Bertz CT molecular complexity index is 651. The zero-order valence-electron chi connectivity index (χ0n) is 11.8. The largest absolute Gasteiger partial charge is 0.465 e. The first-order chi connectivity index (χ1) is 10.4. The zero-order chi connectivity index (χ0) is 16.2. The van der Waals surface area contributed by atoms with E-state index in [0.29, 0.717) is 16.8 Å². The van der Waals surface area contributed by atoms with E-state index in [2.05, 4.69) is 10.1 Å². The molecule has 6 heteroatoms. The molecule has 2 rings (SSSR count). The van der Waals surface area contributed by atoms with Crippen molar-refractivity contribution in [3.63, 3.8) is 0 Å². The third kappa shape index (κ3) is 4.00. The lowest BCUT2D eigenvalue weighted by molar-refractivity contribution is -0.137. The number of carbonyl (C=O) groups excluding carboxylic acids is 1. The molecule has 0 fully saturated rings. The summed E-state index contributed by atoms with van der Waals surface area (Å²) in [5.74, 6) is -0.440. The lowest BCUT2D eigenvalue weighted by Gasteiger charge is -2.10. The summed E-state index contributed by atoms with van der Waals surface area (Å²) in [6.45, 7) is 0.251. The van der Waals surface area contributed by atoms with Crippen molar-refractivity contribution in [2.24, 2.45) is 0 Å². The minimum atomic E-state index is -4.35. The summed E-state index contributed by atoms with van der Waals surface area (Å²) < 4.78 is 42.4. The Morgan fingerprint density at radius 3 is 2.41 bits per heavy atom.